The second kappa shape index (κ2) is 16.3. The number of hydrogen-bond donors (Lipinski definition) is 2. The molecule has 14 heavy (non-hydrogen) atoms. The van der Waals surface area contributed by atoms with Crippen LogP contribution in [0.4, 0.5) is 0 Å². The van der Waals surface area contributed by atoms with E-state index in [1.165, 1.54) is 0 Å². The van der Waals surface area contributed by atoms with Crippen molar-refractivity contribution in [3.8, 4) is 0 Å². The molecule has 0 aromatic heterocycles. The highest BCUT2D eigenvalue weighted by molar-refractivity contribution is 14.1. The van der Waals surface area contributed by atoms with Crippen LogP contribution in [-0.4, -0.2) is 50.5 Å². The Hall–Kier alpha value is 0.860. The SMILES string of the molecule is Cl.NCCOCCOCCNCCI. The average Bonchev–Trinajstić information content (AvgIpc) is 2.16. The zero-order valence-corrected chi connectivity index (χ0v) is 11.3. The molecule has 0 aliphatic carbocycles. The summed E-state index contributed by atoms with van der Waals surface area (Å²) in [5, 5.41) is 3.24. The summed E-state index contributed by atoms with van der Waals surface area (Å²) >= 11 is 2.34. The quantitative estimate of drug-likeness (QED) is 0.344. The van der Waals surface area contributed by atoms with E-state index in [0.717, 1.165) is 24.1 Å². The molecular weight excluding hydrogens is 318 g/mol. The van der Waals surface area contributed by atoms with Gasteiger partial charge in [0.05, 0.1) is 26.4 Å². The molecule has 0 spiro atoms. The molecule has 0 atom stereocenters. The maximum atomic E-state index is 5.30. The van der Waals surface area contributed by atoms with Gasteiger partial charge in [0.2, 0.25) is 0 Å². The van der Waals surface area contributed by atoms with E-state index in [-0.39, 0.29) is 12.4 Å². The van der Waals surface area contributed by atoms with Crippen molar-refractivity contribution >= 4 is 35.0 Å². The summed E-state index contributed by atoms with van der Waals surface area (Å²) < 4.78 is 11.6. The minimum Gasteiger partial charge on any atom is -0.378 e. The molecule has 0 fully saturated rings. The van der Waals surface area contributed by atoms with Crippen LogP contribution in [0.15, 0.2) is 0 Å². The van der Waals surface area contributed by atoms with Crippen LogP contribution in [0.2, 0.25) is 0 Å². The highest BCUT2D eigenvalue weighted by atomic mass is 127. The summed E-state index contributed by atoms with van der Waals surface area (Å²) in [5.74, 6) is 0. The van der Waals surface area contributed by atoms with E-state index in [9.17, 15) is 0 Å². The van der Waals surface area contributed by atoms with Crippen LogP contribution in [0.25, 0.3) is 0 Å². The lowest BCUT2D eigenvalue weighted by atomic mass is 10.6. The van der Waals surface area contributed by atoms with Crippen molar-refractivity contribution < 1.29 is 9.47 Å². The summed E-state index contributed by atoms with van der Waals surface area (Å²) in [6, 6.07) is 0. The molecule has 0 bridgehead atoms. The first-order valence-electron chi connectivity index (χ1n) is 4.54. The lowest BCUT2D eigenvalue weighted by Crippen LogP contribution is -2.22. The number of halogens is 2. The molecule has 0 aliphatic rings. The molecule has 3 N–H and O–H groups in total. The molecule has 0 aliphatic heterocycles. The Labute approximate surface area is 106 Å². The van der Waals surface area contributed by atoms with Gasteiger partial charge in [-0.05, 0) is 0 Å². The number of alkyl halides is 1. The lowest BCUT2D eigenvalue weighted by molar-refractivity contribution is 0.0520. The van der Waals surface area contributed by atoms with Crippen LogP contribution in [0.3, 0.4) is 0 Å². The summed E-state index contributed by atoms with van der Waals surface area (Å²) in [4.78, 5) is 0. The maximum absolute atomic E-state index is 5.30. The van der Waals surface area contributed by atoms with Crippen LogP contribution in [0, 0.1) is 0 Å². The van der Waals surface area contributed by atoms with Crippen LogP contribution in [0.5, 0.6) is 0 Å². The molecule has 4 nitrogen and oxygen atoms in total. The van der Waals surface area contributed by atoms with E-state index >= 15 is 0 Å². The fourth-order valence-corrected chi connectivity index (χ4v) is 1.12. The van der Waals surface area contributed by atoms with Gasteiger partial charge in [-0.1, -0.05) is 22.6 Å². The third-order valence-corrected chi connectivity index (χ3v) is 1.87. The molecule has 0 radical (unpaired) electrons. The molecule has 0 heterocycles. The Morgan fingerprint density at radius 1 is 1.00 bits per heavy atom. The first kappa shape index (κ1) is 17.3. The summed E-state index contributed by atoms with van der Waals surface area (Å²) in [5.41, 5.74) is 5.25. The van der Waals surface area contributed by atoms with Crippen molar-refractivity contribution in [1.29, 1.82) is 0 Å². The largest absolute Gasteiger partial charge is 0.378 e. The topological polar surface area (TPSA) is 56.5 Å². The number of hydrogen-bond acceptors (Lipinski definition) is 4. The highest BCUT2D eigenvalue weighted by Crippen LogP contribution is 1.78. The Morgan fingerprint density at radius 3 is 2.21 bits per heavy atom. The second-order valence-corrected chi connectivity index (χ2v) is 3.53. The number of ether oxygens (including phenoxy) is 2. The van der Waals surface area contributed by atoms with Crippen molar-refractivity contribution in [2.45, 2.75) is 0 Å². The first-order valence-corrected chi connectivity index (χ1v) is 6.06. The Morgan fingerprint density at radius 2 is 1.64 bits per heavy atom. The van der Waals surface area contributed by atoms with Crippen LogP contribution < -0.4 is 11.1 Å². The Bertz CT molecular complexity index is 91.4. The van der Waals surface area contributed by atoms with Gasteiger partial charge in [-0.25, -0.2) is 0 Å². The van der Waals surface area contributed by atoms with Gasteiger partial charge < -0.3 is 20.5 Å². The lowest BCUT2D eigenvalue weighted by Gasteiger charge is -2.05. The van der Waals surface area contributed by atoms with Gasteiger partial charge in [-0.2, -0.15) is 0 Å². The van der Waals surface area contributed by atoms with Crippen molar-refractivity contribution in [2.75, 3.05) is 50.5 Å². The zero-order valence-electron chi connectivity index (χ0n) is 8.34. The molecule has 6 heteroatoms. The molecule has 0 aromatic rings. The number of nitrogens with one attached hydrogen (secondary N) is 1. The van der Waals surface area contributed by atoms with Crippen LogP contribution in [-0.2, 0) is 9.47 Å². The number of rotatable bonds is 10. The van der Waals surface area contributed by atoms with Gasteiger partial charge >= 0.3 is 0 Å². The Kier molecular flexibility index (Phi) is 20.1. The van der Waals surface area contributed by atoms with Crippen molar-refractivity contribution in [1.82, 2.24) is 5.32 Å². The van der Waals surface area contributed by atoms with Gasteiger partial charge in [-0.3, -0.25) is 0 Å². The smallest absolute Gasteiger partial charge is 0.0701 e. The molecule has 0 aromatic carbocycles. The average molecular weight is 339 g/mol. The van der Waals surface area contributed by atoms with Crippen LogP contribution >= 0.6 is 35.0 Å². The fraction of sp³-hybridized carbons (Fsp3) is 1.00. The van der Waals surface area contributed by atoms with Gasteiger partial charge in [0.15, 0.2) is 0 Å². The summed E-state index contributed by atoms with van der Waals surface area (Å²) in [7, 11) is 0. The van der Waals surface area contributed by atoms with E-state index in [1.807, 2.05) is 0 Å². The molecule has 0 saturated heterocycles. The first-order chi connectivity index (χ1) is 6.41. The highest BCUT2D eigenvalue weighted by Gasteiger charge is 1.89. The minimum atomic E-state index is 0. The molecule has 0 amide bonds. The van der Waals surface area contributed by atoms with E-state index < -0.39 is 0 Å². The summed E-state index contributed by atoms with van der Waals surface area (Å²) in [6.07, 6.45) is 0. The third kappa shape index (κ3) is 15.3. The molecule has 88 valence electrons. The maximum Gasteiger partial charge on any atom is 0.0701 e. The Balaban J connectivity index is 0. The third-order valence-electron chi connectivity index (χ3n) is 1.33. The number of nitrogens with two attached hydrogens (primary N) is 1. The van der Waals surface area contributed by atoms with Gasteiger partial charge in [0, 0.05) is 24.1 Å². The van der Waals surface area contributed by atoms with Crippen LogP contribution in [0.1, 0.15) is 0 Å². The molecule has 0 saturated carbocycles. The van der Waals surface area contributed by atoms with Crippen molar-refractivity contribution in [3.63, 3.8) is 0 Å². The van der Waals surface area contributed by atoms with E-state index in [2.05, 4.69) is 27.9 Å². The molecule has 0 rings (SSSR count). The second-order valence-electron chi connectivity index (χ2n) is 2.45. The zero-order chi connectivity index (χ0) is 9.78. The normalized spacial score (nSPS) is 9.86. The van der Waals surface area contributed by atoms with E-state index in [0.29, 0.717) is 26.4 Å². The van der Waals surface area contributed by atoms with Crippen molar-refractivity contribution in [3.05, 3.63) is 0 Å². The standard InChI is InChI=1S/C8H19IN2O2.ClH/c9-1-3-11-4-6-13-8-7-12-5-2-10;/h11H,1-8,10H2;1H. The van der Waals surface area contributed by atoms with Crippen molar-refractivity contribution in [2.24, 2.45) is 5.73 Å². The predicted octanol–water partition coefficient (Wildman–Crippen LogP) is 0.425. The predicted molar refractivity (Wildman–Crippen MR) is 69.7 cm³/mol. The van der Waals surface area contributed by atoms with E-state index in [1.54, 1.807) is 0 Å². The molecule has 0 unspecified atom stereocenters. The van der Waals surface area contributed by atoms with Gasteiger partial charge in [0.25, 0.3) is 0 Å². The van der Waals surface area contributed by atoms with Gasteiger partial charge in [0.1, 0.15) is 0 Å². The molecular formula is C8H20ClIN2O2. The monoisotopic (exact) mass is 338 g/mol. The van der Waals surface area contributed by atoms with E-state index in [4.69, 9.17) is 15.2 Å². The fourth-order valence-electron chi connectivity index (χ4n) is 0.741. The minimum absolute atomic E-state index is 0. The van der Waals surface area contributed by atoms with Gasteiger partial charge in [-0.15, -0.1) is 12.4 Å². The summed E-state index contributed by atoms with van der Waals surface area (Å²) in [6.45, 7) is 5.22.